The van der Waals surface area contributed by atoms with E-state index < -0.39 is 0 Å². The molecule has 2 amide bonds. The molecule has 0 aromatic heterocycles. The van der Waals surface area contributed by atoms with Gasteiger partial charge in [-0.1, -0.05) is 23.8 Å². The Morgan fingerprint density at radius 3 is 2.47 bits per heavy atom. The van der Waals surface area contributed by atoms with Gasteiger partial charge in [-0.05, 0) is 43.7 Å². The van der Waals surface area contributed by atoms with Crippen LogP contribution in [0.3, 0.4) is 0 Å². The molecule has 0 radical (unpaired) electrons. The molecular weight excluding hydrogens is 435 g/mol. The van der Waals surface area contributed by atoms with Crippen LogP contribution in [0.15, 0.2) is 42.5 Å². The van der Waals surface area contributed by atoms with E-state index in [9.17, 15) is 14.0 Å². The highest BCUT2D eigenvalue weighted by atomic mass is 19.1. The lowest BCUT2D eigenvalue weighted by atomic mass is 10.1. The topological polar surface area (TPSA) is 65.1 Å². The molecule has 1 unspecified atom stereocenters. The Labute approximate surface area is 200 Å². The fourth-order valence-corrected chi connectivity index (χ4v) is 4.49. The average molecular weight is 469 g/mol. The van der Waals surface area contributed by atoms with Crippen molar-refractivity contribution < 1.29 is 18.7 Å². The lowest BCUT2D eigenvalue weighted by molar-refractivity contribution is -0.136. The second-order valence-corrected chi connectivity index (χ2v) is 9.12. The molecule has 2 aliphatic heterocycles. The zero-order valence-corrected chi connectivity index (χ0v) is 19.9. The number of nitrogens with one attached hydrogen (secondary N) is 1. The minimum Gasteiger partial charge on any atom is -0.483 e. The molecule has 2 fully saturated rings. The van der Waals surface area contributed by atoms with Gasteiger partial charge >= 0.3 is 0 Å². The Balaban J connectivity index is 1.33. The molecule has 1 N–H and O–H groups in total. The number of benzene rings is 2. The van der Waals surface area contributed by atoms with Gasteiger partial charge in [0.1, 0.15) is 11.6 Å². The van der Waals surface area contributed by atoms with Gasteiger partial charge in [0.2, 0.25) is 0 Å². The van der Waals surface area contributed by atoms with Crippen LogP contribution in [0.25, 0.3) is 0 Å². The first-order valence-electron chi connectivity index (χ1n) is 11.9. The summed E-state index contributed by atoms with van der Waals surface area (Å²) in [5, 5.41) is 3.25. The summed E-state index contributed by atoms with van der Waals surface area (Å²) >= 11 is 0. The Kier molecular flexibility index (Phi) is 7.80. The summed E-state index contributed by atoms with van der Waals surface area (Å²) in [5.41, 5.74) is 2.54. The molecule has 2 saturated heterocycles. The van der Waals surface area contributed by atoms with Gasteiger partial charge < -0.3 is 19.9 Å². The number of hydrogen-bond donors (Lipinski definition) is 1. The monoisotopic (exact) mass is 468 g/mol. The van der Waals surface area contributed by atoms with Crippen molar-refractivity contribution in [3.63, 3.8) is 0 Å². The fraction of sp³-hybridized carbons (Fsp3) is 0.462. The van der Waals surface area contributed by atoms with Crippen molar-refractivity contribution in [3.8, 4) is 5.75 Å². The molecule has 1 atom stereocenters. The van der Waals surface area contributed by atoms with Crippen molar-refractivity contribution in [3.05, 3.63) is 65.0 Å². The first-order chi connectivity index (χ1) is 16.4. The summed E-state index contributed by atoms with van der Waals surface area (Å²) in [6.45, 7) is 9.46. The van der Waals surface area contributed by atoms with Crippen LogP contribution < -0.4 is 10.1 Å². The van der Waals surface area contributed by atoms with Gasteiger partial charge in [-0.2, -0.15) is 0 Å². The molecule has 2 aromatic rings. The van der Waals surface area contributed by atoms with Gasteiger partial charge in [0.15, 0.2) is 6.61 Å². The second-order valence-electron chi connectivity index (χ2n) is 9.12. The van der Waals surface area contributed by atoms with E-state index in [2.05, 4.69) is 17.1 Å². The zero-order valence-electron chi connectivity index (χ0n) is 19.9. The maximum atomic E-state index is 13.2. The van der Waals surface area contributed by atoms with Crippen molar-refractivity contribution in [2.75, 3.05) is 52.4 Å². The fourth-order valence-electron chi connectivity index (χ4n) is 4.49. The standard InChI is InChI=1S/C26H33FN4O3/c1-19-3-8-24(23(15-19)26(33)29-11-9-28-10-12-29)34-18-25(32)31-14-13-30(20(2)16-31)17-21-4-6-22(27)7-5-21/h3-8,15,20,28H,9-14,16-18H2,1-2H3. The first-order valence-corrected chi connectivity index (χ1v) is 11.9. The summed E-state index contributed by atoms with van der Waals surface area (Å²) in [6, 6.07) is 12.2. The maximum absolute atomic E-state index is 13.2. The van der Waals surface area contributed by atoms with Crippen LogP contribution >= 0.6 is 0 Å². The molecule has 8 heteroatoms. The molecule has 7 nitrogen and oxygen atoms in total. The van der Waals surface area contributed by atoms with Crippen LogP contribution in [0.2, 0.25) is 0 Å². The summed E-state index contributed by atoms with van der Waals surface area (Å²) in [6.07, 6.45) is 0. The minimum absolute atomic E-state index is 0.0596. The van der Waals surface area contributed by atoms with E-state index in [0.29, 0.717) is 37.5 Å². The van der Waals surface area contributed by atoms with E-state index in [1.54, 1.807) is 18.2 Å². The molecule has 0 bridgehead atoms. The summed E-state index contributed by atoms with van der Waals surface area (Å²) in [5.74, 6) is 0.0640. The molecule has 2 heterocycles. The van der Waals surface area contributed by atoms with Crippen LogP contribution in [0, 0.1) is 12.7 Å². The Bertz CT molecular complexity index is 1010. The highest BCUT2D eigenvalue weighted by Gasteiger charge is 2.28. The summed E-state index contributed by atoms with van der Waals surface area (Å²) in [7, 11) is 0. The predicted molar refractivity (Wildman–Crippen MR) is 128 cm³/mol. The molecule has 2 aromatic carbocycles. The van der Waals surface area contributed by atoms with Crippen molar-refractivity contribution in [1.29, 1.82) is 0 Å². The summed E-state index contributed by atoms with van der Waals surface area (Å²) < 4.78 is 19.1. The number of rotatable bonds is 6. The molecule has 34 heavy (non-hydrogen) atoms. The van der Waals surface area contributed by atoms with E-state index in [-0.39, 0.29) is 30.3 Å². The second kappa shape index (κ2) is 11.0. The van der Waals surface area contributed by atoms with Crippen LogP contribution in [-0.4, -0.2) is 85.0 Å². The minimum atomic E-state index is -0.237. The molecule has 0 aliphatic carbocycles. The van der Waals surface area contributed by atoms with Crippen molar-refractivity contribution in [1.82, 2.24) is 20.0 Å². The number of halogens is 1. The SMILES string of the molecule is Cc1ccc(OCC(=O)N2CCN(Cc3ccc(F)cc3)C(C)C2)c(C(=O)N2CCNCC2)c1. The number of nitrogens with zero attached hydrogens (tertiary/aromatic N) is 3. The highest BCUT2D eigenvalue weighted by molar-refractivity contribution is 5.97. The molecule has 182 valence electrons. The van der Waals surface area contributed by atoms with E-state index >= 15 is 0 Å². The molecule has 0 spiro atoms. The van der Waals surface area contributed by atoms with E-state index in [4.69, 9.17) is 4.74 Å². The molecule has 2 aliphatic rings. The summed E-state index contributed by atoms with van der Waals surface area (Å²) in [4.78, 5) is 31.9. The molecule has 4 rings (SSSR count). The van der Waals surface area contributed by atoms with Gasteiger partial charge in [-0.3, -0.25) is 14.5 Å². The van der Waals surface area contributed by atoms with Crippen LogP contribution in [0.4, 0.5) is 4.39 Å². The third kappa shape index (κ3) is 5.93. The van der Waals surface area contributed by atoms with Crippen LogP contribution in [0.1, 0.15) is 28.4 Å². The maximum Gasteiger partial charge on any atom is 0.260 e. The van der Waals surface area contributed by atoms with Crippen molar-refractivity contribution >= 4 is 11.8 Å². The third-order valence-corrected chi connectivity index (χ3v) is 6.54. The van der Waals surface area contributed by atoms with E-state index in [0.717, 1.165) is 37.3 Å². The lowest BCUT2D eigenvalue weighted by Crippen LogP contribution is -2.54. The van der Waals surface area contributed by atoms with Crippen LogP contribution in [-0.2, 0) is 11.3 Å². The number of hydrogen-bond acceptors (Lipinski definition) is 5. The molecular formula is C26H33FN4O3. The number of aryl methyl sites for hydroxylation is 1. The lowest BCUT2D eigenvalue weighted by Gasteiger charge is -2.39. The number of ether oxygens (including phenoxy) is 1. The van der Waals surface area contributed by atoms with Crippen molar-refractivity contribution in [2.24, 2.45) is 0 Å². The normalized spacial score (nSPS) is 19.2. The quantitative estimate of drug-likeness (QED) is 0.705. The number of carbonyl (C=O) groups is 2. The molecule has 0 saturated carbocycles. The van der Waals surface area contributed by atoms with Crippen molar-refractivity contribution in [2.45, 2.75) is 26.4 Å². The van der Waals surface area contributed by atoms with E-state index in [1.807, 2.05) is 28.9 Å². The average Bonchev–Trinajstić information content (AvgIpc) is 2.85. The van der Waals surface area contributed by atoms with E-state index in [1.165, 1.54) is 12.1 Å². The number of amides is 2. The predicted octanol–water partition coefficient (Wildman–Crippen LogP) is 2.29. The highest BCUT2D eigenvalue weighted by Crippen LogP contribution is 2.23. The Morgan fingerprint density at radius 2 is 1.76 bits per heavy atom. The van der Waals surface area contributed by atoms with Gasteiger partial charge in [0, 0.05) is 58.4 Å². The van der Waals surface area contributed by atoms with Gasteiger partial charge in [-0.25, -0.2) is 4.39 Å². The zero-order chi connectivity index (χ0) is 24.1. The Morgan fingerprint density at radius 1 is 1.03 bits per heavy atom. The third-order valence-electron chi connectivity index (χ3n) is 6.54. The van der Waals surface area contributed by atoms with Crippen LogP contribution in [0.5, 0.6) is 5.75 Å². The first kappa shape index (κ1) is 24.2. The smallest absolute Gasteiger partial charge is 0.260 e. The van der Waals surface area contributed by atoms with Gasteiger partial charge in [0.25, 0.3) is 11.8 Å². The van der Waals surface area contributed by atoms with Gasteiger partial charge in [-0.15, -0.1) is 0 Å². The number of carbonyl (C=O) groups excluding carboxylic acids is 2. The number of piperazine rings is 2. The largest absolute Gasteiger partial charge is 0.483 e. The van der Waals surface area contributed by atoms with Gasteiger partial charge in [0.05, 0.1) is 5.56 Å². The Hall–Kier alpha value is -2.97.